The van der Waals surface area contributed by atoms with Crippen molar-refractivity contribution in [2.75, 3.05) is 5.32 Å². The number of halogens is 1. The molecule has 1 N–H and O–H groups in total. The van der Waals surface area contributed by atoms with Crippen LogP contribution < -0.4 is 5.32 Å². The summed E-state index contributed by atoms with van der Waals surface area (Å²) in [6, 6.07) is 15.1. The molecule has 1 amide bonds. The first-order valence-electron chi connectivity index (χ1n) is 5.63. The summed E-state index contributed by atoms with van der Waals surface area (Å²) in [5, 5.41) is 3.48. The van der Waals surface area contributed by atoms with E-state index in [0.717, 1.165) is 16.8 Å². The van der Waals surface area contributed by atoms with E-state index in [2.05, 4.69) is 5.32 Å². The van der Waals surface area contributed by atoms with E-state index in [1.807, 2.05) is 54.6 Å². The molecule has 0 saturated heterocycles. The summed E-state index contributed by atoms with van der Waals surface area (Å²) >= 11 is 6.10. The molecule has 0 unspecified atom stereocenters. The lowest BCUT2D eigenvalue weighted by Gasteiger charge is -2.00. The predicted octanol–water partition coefficient (Wildman–Crippen LogP) is 3.83. The third kappa shape index (κ3) is 1.81. The van der Waals surface area contributed by atoms with E-state index >= 15 is 0 Å². The lowest BCUT2D eigenvalue weighted by molar-refractivity contribution is -0.110. The van der Waals surface area contributed by atoms with Gasteiger partial charge in [-0.15, -0.1) is 0 Å². The lowest BCUT2D eigenvalue weighted by atomic mass is 10.0. The third-order valence-electron chi connectivity index (χ3n) is 2.92. The van der Waals surface area contributed by atoms with Crippen molar-refractivity contribution in [3.8, 4) is 0 Å². The Balaban J connectivity index is 2.13. The minimum absolute atomic E-state index is 0.0869. The maximum absolute atomic E-state index is 11.9. The summed E-state index contributed by atoms with van der Waals surface area (Å²) in [5.41, 5.74) is 3.27. The molecule has 0 fully saturated rings. The van der Waals surface area contributed by atoms with Crippen LogP contribution in [0.4, 0.5) is 5.69 Å². The Labute approximate surface area is 110 Å². The zero-order chi connectivity index (χ0) is 12.5. The van der Waals surface area contributed by atoms with E-state index in [-0.39, 0.29) is 5.91 Å². The number of fused-ring (bicyclic) bond motifs is 1. The van der Waals surface area contributed by atoms with E-state index in [4.69, 9.17) is 11.6 Å². The van der Waals surface area contributed by atoms with Gasteiger partial charge in [0.25, 0.3) is 5.91 Å². The second-order valence-corrected chi connectivity index (χ2v) is 4.49. The molecule has 2 aromatic carbocycles. The molecule has 1 heterocycles. The maximum Gasteiger partial charge on any atom is 0.256 e. The first-order valence-corrected chi connectivity index (χ1v) is 6.00. The van der Waals surface area contributed by atoms with Gasteiger partial charge in [0.1, 0.15) is 0 Å². The second-order valence-electron chi connectivity index (χ2n) is 4.08. The average Bonchev–Trinajstić information content (AvgIpc) is 2.69. The summed E-state index contributed by atoms with van der Waals surface area (Å²) < 4.78 is 0. The van der Waals surface area contributed by atoms with Crippen molar-refractivity contribution in [3.63, 3.8) is 0 Å². The van der Waals surface area contributed by atoms with Crippen molar-refractivity contribution in [3.05, 3.63) is 64.7 Å². The van der Waals surface area contributed by atoms with E-state index in [9.17, 15) is 4.79 Å². The molecular formula is C15H10ClNO. The normalized spacial score (nSPS) is 15.6. The minimum Gasteiger partial charge on any atom is -0.321 e. The van der Waals surface area contributed by atoms with Crippen LogP contribution in [0.3, 0.4) is 0 Å². The van der Waals surface area contributed by atoms with Crippen molar-refractivity contribution in [2.45, 2.75) is 0 Å². The maximum atomic E-state index is 11.9. The van der Waals surface area contributed by atoms with Crippen molar-refractivity contribution in [2.24, 2.45) is 0 Å². The summed E-state index contributed by atoms with van der Waals surface area (Å²) in [6.45, 7) is 0. The summed E-state index contributed by atoms with van der Waals surface area (Å²) in [6.07, 6.45) is 1.82. The molecule has 3 rings (SSSR count). The van der Waals surface area contributed by atoms with Crippen LogP contribution in [0.5, 0.6) is 0 Å². The van der Waals surface area contributed by atoms with Crippen molar-refractivity contribution < 1.29 is 4.79 Å². The molecule has 2 aromatic rings. The molecule has 3 heteroatoms. The Morgan fingerprint density at radius 2 is 1.72 bits per heavy atom. The molecule has 0 aromatic heterocycles. The minimum atomic E-state index is -0.0869. The van der Waals surface area contributed by atoms with Crippen LogP contribution in [0.2, 0.25) is 5.02 Å². The van der Waals surface area contributed by atoms with Crippen LogP contribution in [-0.2, 0) is 4.79 Å². The first kappa shape index (κ1) is 11.1. The van der Waals surface area contributed by atoms with Crippen molar-refractivity contribution >= 4 is 34.8 Å². The molecule has 1 aliphatic rings. The second kappa shape index (κ2) is 4.31. The molecule has 0 spiro atoms. The summed E-state index contributed by atoms with van der Waals surface area (Å²) in [4.78, 5) is 11.9. The molecule has 1 aliphatic heterocycles. The van der Waals surface area contributed by atoms with Crippen LogP contribution in [0.25, 0.3) is 11.6 Å². The lowest BCUT2D eigenvalue weighted by Crippen LogP contribution is -2.03. The Hall–Kier alpha value is -2.06. The predicted molar refractivity (Wildman–Crippen MR) is 74.4 cm³/mol. The smallest absolute Gasteiger partial charge is 0.256 e. The SMILES string of the molecule is O=C1Nc2ccccc2/C1=C/c1ccccc1Cl. The van der Waals surface area contributed by atoms with Crippen LogP contribution in [0.1, 0.15) is 11.1 Å². The van der Waals surface area contributed by atoms with Gasteiger partial charge in [0, 0.05) is 21.8 Å². The Bertz CT molecular complexity index is 661. The molecule has 0 atom stereocenters. The standard InChI is InChI=1S/C15H10ClNO/c16-13-7-3-1-5-10(13)9-12-11-6-2-4-8-14(11)17-15(12)18/h1-9H,(H,17,18)/b12-9-. The third-order valence-corrected chi connectivity index (χ3v) is 3.26. The molecule has 88 valence electrons. The zero-order valence-electron chi connectivity index (χ0n) is 9.48. The van der Waals surface area contributed by atoms with E-state index in [1.165, 1.54) is 0 Å². The quantitative estimate of drug-likeness (QED) is 0.771. The van der Waals surface area contributed by atoms with Crippen LogP contribution in [-0.4, -0.2) is 5.91 Å². The largest absolute Gasteiger partial charge is 0.321 e. The molecule has 18 heavy (non-hydrogen) atoms. The van der Waals surface area contributed by atoms with Gasteiger partial charge in [0.15, 0.2) is 0 Å². The van der Waals surface area contributed by atoms with Gasteiger partial charge in [0.2, 0.25) is 0 Å². The molecule has 0 aliphatic carbocycles. The number of amides is 1. The van der Waals surface area contributed by atoms with Crippen molar-refractivity contribution in [1.82, 2.24) is 0 Å². The number of hydrogen-bond acceptors (Lipinski definition) is 1. The van der Waals surface area contributed by atoms with Crippen molar-refractivity contribution in [1.29, 1.82) is 0 Å². The van der Waals surface area contributed by atoms with Crippen LogP contribution >= 0.6 is 11.6 Å². The molecular weight excluding hydrogens is 246 g/mol. The van der Waals surface area contributed by atoms with Crippen LogP contribution in [0, 0.1) is 0 Å². The number of benzene rings is 2. The summed E-state index contributed by atoms with van der Waals surface area (Å²) in [5.74, 6) is -0.0869. The number of carbonyl (C=O) groups is 1. The number of rotatable bonds is 1. The summed E-state index contributed by atoms with van der Waals surface area (Å²) in [7, 11) is 0. The van der Waals surface area contributed by atoms with E-state index in [0.29, 0.717) is 10.6 Å². The van der Waals surface area contributed by atoms with Gasteiger partial charge < -0.3 is 5.32 Å². The highest BCUT2D eigenvalue weighted by Crippen LogP contribution is 2.33. The average molecular weight is 256 g/mol. The number of nitrogens with one attached hydrogen (secondary N) is 1. The van der Waals surface area contributed by atoms with E-state index < -0.39 is 0 Å². The fraction of sp³-hybridized carbons (Fsp3) is 0. The fourth-order valence-corrected chi connectivity index (χ4v) is 2.22. The molecule has 2 nitrogen and oxygen atoms in total. The topological polar surface area (TPSA) is 29.1 Å². The zero-order valence-corrected chi connectivity index (χ0v) is 10.2. The number of anilines is 1. The van der Waals surface area contributed by atoms with Gasteiger partial charge in [-0.2, -0.15) is 0 Å². The van der Waals surface area contributed by atoms with Gasteiger partial charge in [0.05, 0.1) is 0 Å². The van der Waals surface area contributed by atoms with Gasteiger partial charge in [-0.1, -0.05) is 48.0 Å². The monoisotopic (exact) mass is 255 g/mol. The highest BCUT2D eigenvalue weighted by molar-refractivity contribution is 6.37. The Morgan fingerprint density at radius 1 is 1.00 bits per heavy atom. The van der Waals surface area contributed by atoms with Gasteiger partial charge >= 0.3 is 0 Å². The number of carbonyl (C=O) groups excluding carboxylic acids is 1. The molecule has 0 bridgehead atoms. The van der Waals surface area contributed by atoms with Gasteiger partial charge in [-0.25, -0.2) is 0 Å². The van der Waals surface area contributed by atoms with Crippen LogP contribution in [0.15, 0.2) is 48.5 Å². The number of para-hydroxylation sites is 1. The first-order chi connectivity index (χ1) is 8.75. The highest BCUT2D eigenvalue weighted by atomic mass is 35.5. The molecule has 0 radical (unpaired) electrons. The van der Waals surface area contributed by atoms with Gasteiger partial charge in [-0.3, -0.25) is 4.79 Å². The number of hydrogen-bond donors (Lipinski definition) is 1. The Kier molecular flexibility index (Phi) is 2.65. The fourth-order valence-electron chi connectivity index (χ4n) is 2.03. The highest BCUT2D eigenvalue weighted by Gasteiger charge is 2.23. The molecule has 0 saturated carbocycles. The Morgan fingerprint density at radius 3 is 2.56 bits per heavy atom. The van der Waals surface area contributed by atoms with E-state index in [1.54, 1.807) is 0 Å². The van der Waals surface area contributed by atoms with Gasteiger partial charge in [-0.05, 0) is 23.8 Å².